The molecule has 0 saturated carbocycles. The van der Waals surface area contributed by atoms with Crippen LogP contribution in [0, 0.1) is 0 Å². The second-order valence-corrected chi connectivity index (χ2v) is 7.11. The third-order valence-corrected chi connectivity index (χ3v) is 5.35. The molecular formula is C22H21N5O2. The Morgan fingerprint density at radius 1 is 1.17 bits per heavy atom. The quantitative estimate of drug-likeness (QED) is 0.554. The first kappa shape index (κ1) is 17.5. The summed E-state index contributed by atoms with van der Waals surface area (Å²) in [5, 5.41) is 2.89. The Labute approximate surface area is 167 Å². The number of carbonyl (C=O) groups is 1. The highest BCUT2D eigenvalue weighted by molar-refractivity contribution is 6.04. The molecule has 0 aliphatic carbocycles. The first-order valence-corrected chi connectivity index (χ1v) is 9.72. The van der Waals surface area contributed by atoms with E-state index < -0.39 is 0 Å². The van der Waals surface area contributed by atoms with Crippen molar-refractivity contribution in [3.05, 3.63) is 60.2 Å². The second-order valence-electron chi connectivity index (χ2n) is 7.11. The molecule has 1 aliphatic rings. The van der Waals surface area contributed by atoms with Crippen LogP contribution in [0.4, 0.5) is 5.95 Å². The average Bonchev–Trinajstić information content (AvgIpc) is 3.38. The van der Waals surface area contributed by atoms with Crippen LogP contribution in [-0.2, 0) is 13.0 Å². The Morgan fingerprint density at radius 3 is 2.86 bits per heavy atom. The number of H-pyrrole nitrogens is 1. The van der Waals surface area contributed by atoms with Crippen LogP contribution in [0.1, 0.15) is 29.2 Å². The van der Waals surface area contributed by atoms with Crippen molar-refractivity contribution in [3.8, 4) is 16.9 Å². The molecule has 29 heavy (non-hydrogen) atoms. The summed E-state index contributed by atoms with van der Waals surface area (Å²) in [7, 11) is 1.62. The van der Waals surface area contributed by atoms with E-state index in [0.717, 1.165) is 53.8 Å². The van der Waals surface area contributed by atoms with Crippen molar-refractivity contribution < 1.29 is 9.53 Å². The van der Waals surface area contributed by atoms with Gasteiger partial charge in [-0.1, -0.05) is 30.3 Å². The van der Waals surface area contributed by atoms with Crippen LogP contribution in [0.15, 0.2) is 48.7 Å². The van der Waals surface area contributed by atoms with Crippen molar-refractivity contribution in [1.82, 2.24) is 19.5 Å². The molecule has 146 valence electrons. The van der Waals surface area contributed by atoms with E-state index in [1.54, 1.807) is 13.3 Å². The molecule has 7 nitrogen and oxygen atoms in total. The number of aromatic nitrogens is 4. The molecule has 0 saturated heterocycles. The monoisotopic (exact) mass is 387 g/mol. The van der Waals surface area contributed by atoms with Crippen LogP contribution in [-0.4, -0.2) is 32.5 Å². The molecule has 5 rings (SSSR count). The normalized spacial score (nSPS) is 13.3. The zero-order valence-corrected chi connectivity index (χ0v) is 16.1. The highest BCUT2D eigenvalue weighted by Gasteiger charge is 2.21. The predicted molar refractivity (Wildman–Crippen MR) is 111 cm³/mol. The van der Waals surface area contributed by atoms with Gasteiger partial charge in [-0.2, -0.15) is 0 Å². The van der Waals surface area contributed by atoms with Gasteiger partial charge in [0.05, 0.1) is 13.3 Å². The number of methoxy groups -OCH3 is 1. The lowest BCUT2D eigenvalue weighted by Gasteiger charge is -2.15. The van der Waals surface area contributed by atoms with E-state index in [2.05, 4.69) is 20.3 Å². The van der Waals surface area contributed by atoms with Crippen LogP contribution < -0.4 is 10.1 Å². The molecule has 7 heteroatoms. The molecule has 0 atom stereocenters. The molecule has 2 aromatic carbocycles. The summed E-state index contributed by atoms with van der Waals surface area (Å²) < 4.78 is 7.48. The largest absolute Gasteiger partial charge is 0.494 e. The van der Waals surface area contributed by atoms with E-state index in [1.165, 1.54) is 0 Å². The SMILES string of the molecule is COc1ccc(-c2ccccc2)c2nc(NC(=O)c3cnc4n3CCCC4)[nH]c12. The number of nitrogens with one attached hydrogen (secondary N) is 2. The van der Waals surface area contributed by atoms with Gasteiger partial charge in [-0.25, -0.2) is 9.97 Å². The number of fused-ring (bicyclic) bond motifs is 2. The number of carbonyl (C=O) groups excluding carboxylic acids is 1. The number of ether oxygens (including phenoxy) is 1. The molecule has 1 aliphatic heterocycles. The fourth-order valence-corrected chi connectivity index (χ4v) is 3.92. The zero-order valence-electron chi connectivity index (χ0n) is 16.1. The van der Waals surface area contributed by atoms with E-state index in [9.17, 15) is 4.79 Å². The number of hydrogen-bond acceptors (Lipinski definition) is 4. The lowest BCUT2D eigenvalue weighted by atomic mass is 10.0. The summed E-state index contributed by atoms with van der Waals surface area (Å²) in [6.07, 6.45) is 4.74. The van der Waals surface area contributed by atoms with Gasteiger partial charge in [0, 0.05) is 18.5 Å². The topological polar surface area (TPSA) is 84.8 Å². The fourth-order valence-electron chi connectivity index (χ4n) is 3.92. The molecule has 2 aromatic heterocycles. The molecule has 0 bridgehead atoms. The Hall–Kier alpha value is -3.61. The summed E-state index contributed by atoms with van der Waals surface area (Å²) in [6, 6.07) is 13.9. The minimum Gasteiger partial charge on any atom is -0.494 e. The molecule has 1 amide bonds. The predicted octanol–water partition coefficient (Wildman–Crippen LogP) is 4.02. The van der Waals surface area contributed by atoms with Crippen LogP contribution in [0.25, 0.3) is 22.2 Å². The number of aromatic amines is 1. The van der Waals surface area contributed by atoms with Crippen molar-refractivity contribution >= 4 is 22.9 Å². The zero-order chi connectivity index (χ0) is 19.8. The van der Waals surface area contributed by atoms with E-state index >= 15 is 0 Å². The van der Waals surface area contributed by atoms with Crippen molar-refractivity contribution in [2.45, 2.75) is 25.8 Å². The summed E-state index contributed by atoms with van der Waals surface area (Å²) in [4.78, 5) is 25.1. The average molecular weight is 387 g/mol. The smallest absolute Gasteiger partial charge is 0.276 e. The van der Waals surface area contributed by atoms with Gasteiger partial charge in [-0.05, 0) is 30.5 Å². The van der Waals surface area contributed by atoms with E-state index in [0.29, 0.717) is 17.4 Å². The minimum absolute atomic E-state index is 0.218. The third-order valence-electron chi connectivity index (χ3n) is 5.35. The summed E-state index contributed by atoms with van der Waals surface area (Å²) >= 11 is 0. The number of nitrogens with zero attached hydrogens (tertiary/aromatic N) is 3. The van der Waals surface area contributed by atoms with Gasteiger partial charge in [0.2, 0.25) is 5.95 Å². The van der Waals surface area contributed by atoms with Gasteiger partial charge in [0.15, 0.2) is 0 Å². The highest BCUT2D eigenvalue weighted by atomic mass is 16.5. The van der Waals surface area contributed by atoms with E-state index in [1.807, 2.05) is 47.0 Å². The van der Waals surface area contributed by atoms with Gasteiger partial charge in [-0.15, -0.1) is 0 Å². The van der Waals surface area contributed by atoms with Crippen LogP contribution in [0.2, 0.25) is 0 Å². The minimum atomic E-state index is -0.218. The molecule has 3 heterocycles. The van der Waals surface area contributed by atoms with Crippen molar-refractivity contribution in [2.24, 2.45) is 0 Å². The molecule has 0 fully saturated rings. The molecular weight excluding hydrogens is 366 g/mol. The summed E-state index contributed by atoms with van der Waals surface area (Å²) in [5.74, 6) is 1.82. The number of hydrogen-bond donors (Lipinski definition) is 2. The van der Waals surface area contributed by atoms with E-state index in [4.69, 9.17) is 4.74 Å². The Morgan fingerprint density at radius 2 is 2.03 bits per heavy atom. The van der Waals surface area contributed by atoms with Crippen molar-refractivity contribution in [3.63, 3.8) is 0 Å². The second kappa shape index (κ2) is 7.09. The number of benzene rings is 2. The summed E-state index contributed by atoms with van der Waals surface area (Å²) in [6.45, 7) is 0.824. The Bertz CT molecular complexity index is 1190. The van der Waals surface area contributed by atoms with Crippen molar-refractivity contribution in [1.29, 1.82) is 0 Å². The highest BCUT2D eigenvalue weighted by Crippen LogP contribution is 2.34. The number of anilines is 1. The third kappa shape index (κ3) is 3.04. The van der Waals surface area contributed by atoms with Gasteiger partial charge in [-0.3, -0.25) is 10.1 Å². The molecule has 0 radical (unpaired) electrons. The molecule has 0 spiro atoms. The molecule has 0 unspecified atom stereocenters. The Balaban J connectivity index is 1.53. The lowest BCUT2D eigenvalue weighted by Crippen LogP contribution is -2.20. The number of rotatable bonds is 4. The van der Waals surface area contributed by atoms with Gasteiger partial charge in [0.25, 0.3) is 5.91 Å². The lowest BCUT2D eigenvalue weighted by molar-refractivity contribution is 0.101. The number of aryl methyl sites for hydroxylation is 1. The van der Waals surface area contributed by atoms with Crippen LogP contribution >= 0.6 is 0 Å². The maximum absolute atomic E-state index is 12.9. The Kier molecular flexibility index (Phi) is 4.27. The van der Waals surface area contributed by atoms with E-state index in [-0.39, 0.29) is 5.91 Å². The van der Waals surface area contributed by atoms with Crippen molar-refractivity contribution in [2.75, 3.05) is 12.4 Å². The van der Waals surface area contributed by atoms with Gasteiger partial charge >= 0.3 is 0 Å². The maximum Gasteiger partial charge on any atom is 0.276 e. The van der Waals surface area contributed by atoms with Gasteiger partial charge < -0.3 is 14.3 Å². The first-order valence-electron chi connectivity index (χ1n) is 9.72. The summed E-state index contributed by atoms with van der Waals surface area (Å²) in [5.41, 5.74) is 4.09. The maximum atomic E-state index is 12.9. The number of imidazole rings is 2. The van der Waals surface area contributed by atoms with Crippen LogP contribution in [0.3, 0.4) is 0 Å². The standard InChI is InChI=1S/C22H21N5O2/c1-29-17-11-10-15(14-7-3-2-4-8-14)19-20(17)25-22(24-19)26-21(28)16-13-23-18-9-5-6-12-27(16)18/h2-4,7-8,10-11,13H,5-6,9,12H2,1H3,(H2,24,25,26,28). The molecule has 2 N–H and O–H groups in total. The first-order chi connectivity index (χ1) is 14.2. The molecule has 4 aromatic rings. The van der Waals surface area contributed by atoms with Crippen LogP contribution in [0.5, 0.6) is 5.75 Å². The number of amides is 1. The van der Waals surface area contributed by atoms with Gasteiger partial charge in [0.1, 0.15) is 28.3 Å². The fraction of sp³-hybridized carbons (Fsp3) is 0.227.